The van der Waals surface area contributed by atoms with Crippen molar-refractivity contribution in [2.75, 3.05) is 33.2 Å². The van der Waals surface area contributed by atoms with Gasteiger partial charge < -0.3 is 10.6 Å². The zero-order chi connectivity index (χ0) is 14.0. The molecule has 2 N–H and O–H groups in total. The van der Waals surface area contributed by atoms with E-state index in [-0.39, 0.29) is 10.5 Å². The van der Waals surface area contributed by atoms with Gasteiger partial charge in [-0.05, 0) is 13.1 Å². The Balaban J connectivity index is 2.29. The first-order valence-corrected chi connectivity index (χ1v) is 7.29. The number of nitrogens with zero attached hydrogens (tertiary/aromatic N) is 3. The van der Waals surface area contributed by atoms with Crippen LogP contribution in [0, 0.1) is 0 Å². The number of hydrogen-bond donors (Lipinski definition) is 1. The Morgan fingerprint density at radius 2 is 1.89 bits per heavy atom. The van der Waals surface area contributed by atoms with E-state index in [1.807, 2.05) is 7.05 Å². The molecule has 0 unspecified atom stereocenters. The van der Waals surface area contributed by atoms with Crippen LogP contribution in [0.1, 0.15) is 10.4 Å². The van der Waals surface area contributed by atoms with Crippen LogP contribution in [0.25, 0.3) is 0 Å². The molecule has 1 aliphatic heterocycles. The Hall–Kier alpha value is -1.51. The molecule has 1 saturated heterocycles. The molecular weight excluding hydrogens is 268 g/mol. The van der Waals surface area contributed by atoms with Crippen molar-refractivity contribution >= 4 is 15.9 Å². The highest BCUT2D eigenvalue weighted by molar-refractivity contribution is 7.89. The summed E-state index contributed by atoms with van der Waals surface area (Å²) in [6.07, 6.45) is 2.49. The normalized spacial score (nSPS) is 18.4. The molecule has 1 fully saturated rings. The average Bonchev–Trinajstić information content (AvgIpc) is 2.39. The second kappa shape index (κ2) is 5.24. The molecule has 8 heteroatoms. The summed E-state index contributed by atoms with van der Waals surface area (Å²) in [5.41, 5.74) is 5.22. The Bertz CT molecular complexity index is 579. The van der Waals surface area contributed by atoms with E-state index < -0.39 is 15.9 Å². The van der Waals surface area contributed by atoms with Crippen molar-refractivity contribution < 1.29 is 13.2 Å². The number of carbonyl (C=O) groups is 1. The lowest BCUT2D eigenvalue weighted by Gasteiger charge is -2.31. The molecule has 0 spiro atoms. The SMILES string of the molecule is CN1CCN(S(=O)(=O)c2cncc(C(N)=O)c2)CC1. The first kappa shape index (κ1) is 13.9. The summed E-state index contributed by atoms with van der Waals surface area (Å²) in [5.74, 6) is -0.692. The summed E-state index contributed by atoms with van der Waals surface area (Å²) < 4.78 is 26.2. The molecule has 1 aromatic heterocycles. The number of amides is 1. The third-order valence-electron chi connectivity index (χ3n) is 3.10. The van der Waals surface area contributed by atoms with Crippen molar-refractivity contribution in [1.82, 2.24) is 14.2 Å². The molecule has 0 saturated carbocycles. The highest BCUT2D eigenvalue weighted by Gasteiger charge is 2.28. The third kappa shape index (κ3) is 2.91. The minimum atomic E-state index is -3.61. The lowest BCUT2D eigenvalue weighted by molar-refractivity contribution is 0.0999. The zero-order valence-electron chi connectivity index (χ0n) is 10.6. The molecule has 2 heterocycles. The quantitative estimate of drug-likeness (QED) is 0.777. The van der Waals surface area contributed by atoms with Crippen molar-refractivity contribution in [3.05, 3.63) is 24.0 Å². The number of hydrogen-bond acceptors (Lipinski definition) is 5. The van der Waals surface area contributed by atoms with E-state index >= 15 is 0 Å². The van der Waals surface area contributed by atoms with Crippen LogP contribution in [-0.2, 0) is 10.0 Å². The van der Waals surface area contributed by atoms with Gasteiger partial charge >= 0.3 is 0 Å². The summed E-state index contributed by atoms with van der Waals surface area (Å²) in [4.78, 5) is 16.9. The van der Waals surface area contributed by atoms with Crippen molar-refractivity contribution in [2.24, 2.45) is 5.73 Å². The Morgan fingerprint density at radius 1 is 1.26 bits per heavy atom. The number of sulfonamides is 1. The summed E-state index contributed by atoms with van der Waals surface area (Å²) in [6, 6.07) is 1.27. The van der Waals surface area contributed by atoms with Crippen LogP contribution in [0.4, 0.5) is 0 Å². The maximum atomic E-state index is 12.4. The van der Waals surface area contributed by atoms with Crippen molar-refractivity contribution in [3.8, 4) is 0 Å². The molecule has 0 bridgehead atoms. The van der Waals surface area contributed by atoms with Crippen molar-refractivity contribution in [2.45, 2.75) is 4.90 Å². The van der Waals surface area contributed by atoms with Gasteiger partial charge in [-0.1, -0.05) is 0 Å². The van der Waals surface area contributed by atoms with Crippen LogP contribution in [0.2, 0.25) is 0 Å². The second-order valence-corrected chi connectivity index (χ2v) is 6.42. The fourth-order valence-corrected chi connectivity index (χ4v) is 3.28. The van der Waals surface area contributed by atoms with Gasteiger partial charge in [0.1, 0.15) is 4.90 Å². The molecule has 1 aliphatic rings. The molecule has 1 amide bonds. The smallest absolute Gasteiger partial charge is 0.250 e. The Kier molecular flexibility index (Phi) is 3.83. The predicted molar refractivity (Wildman–Crippen MR) is 69.0 cm³/mol. The van der Waals surface area contributed by atoms with Crippen LogP contribution in [0.15, 0.2) is 23.4 Å². The van der Waals surface area contributed by atoms with E-state index in [1.165, 1.54) is 22.8 Å². The fourth-order valence-electron chi connectivity index (χ4n) is 1.87. The van der Waals surface area contributed by atoms with E-state index in [0.717, 1.165) is 0 Å². The number of pyridine rings is 1. The summed E-state index contributed by atoms with van der Waals surface area (Å²) in [7, 11) is -1.66. The molecule has 104 valence electrons. The number of primary amides is 1. The van der Waals surface area contributed by atoms with Gasteiger partial charge in [-0.25, -0.2) is 8.42 Å². The molecule has 19 heavy (non-hydrogen) atoms. The lowest BCUT2D eigenvalue weighted by Crippen LogP contribution is -2.47. The highest BCUT2D eigenvalue weighted by atomic mass is 32.2. The van der Waals surface area contributed by atoms with E-state index in [0.29, 0.717) is 26.2 Å². The van der Waals surface area contributed by atoms with E-state index in [9.17, 15) is 13.2 Å². The number of aromatic nitrogens is 1. The van der Waals surface area contributed by atoms with Gasteiger partial charge in [0.15, 0.2) is 0 Å². The molecule has 0 aliphatic carbocycles. The first-order chi connectivity index (χ1) is 8.91. The van der Waals surface area contributed by atoms with E-state index in [1.54, 1.807) is 0 Å². The number of piperazine rings is 1. The highest BCUT2D eigenvalue weighted by Crippen LogP contribution is 2.17. The Labute approximate surface area is 112 Å². The van der Waals surface area contributed by atoms with Crippen LogP contribution in [-0.4, -0.2) is 61.7 Å². The number of rotatable bonds is 3. The fraction of sp³-hybridized carbons (Fsp3) is 0.455. The zero-order valence-corrected chi connectivity index (χ0v) is 11.4. The molecule has 2 rings (SSSR count). The average molecular weight is 284 g/mol. The van der Waals surface area contributed by atoms with Crippen LogP contribution in [0.5, 0.6) is 0 Å². The van der Waals surface area contributed by atoms with Gasteiger partial charge in [-0.15, -0.1) is 0 Å². The molecule has 0 atom stereocenters. The minimum absolute atomic E-state index is 0.00773. The summed E-state index contributed by atoms with van der Waals surface area (Å²) >= 11 is 0. The molecule has 1 aromatic rings. The maximum Gasteiger partial charge on any atom is 0.250 e. The standard InChI is InChI=1S/C11H16N4O3S/c1-14-2-4-15(5-3-14)19(17,18)10-6-9(11(12)16)7-13-8-10/h6-8H,2-5H2,1H3,(H2,12,16). The predicted octanol–water partition coefficient (Wildman–Crippen LogP) is -0.883. The molecule has 7 nitrogen and oxygen atoms in total. The monoisotopic (exact) mass is 284 g/mol. The van der Waals surface area contributed by atoms with E-state index in [2.05, 4.69) is 9.88 Å². The number of likely N-dealkylation sites (N-methyl/N-ethyl adjacent to an activating group) is 1. The molecular formula is C11H16N4O3S. The van der Waals surface area contributed by atoms with Crippen molar-refractivity contribution in [3.63, 3.8) is 0 Å². The van der Waals surface area contributed by atoms with Gasteiger partial charge in [0.2, 0.25) is 15.9 Å². The van der Waals surface area contributed by atoms with Gasteiger partial charge in [0, 0.05) is 38.6 Å². The second-order valence-electron chi connectivity index (χ2n) is 4.48. The molecule has 0 aromatic carbocycles. The van der Waals surface area contributed by atoms with Gasteiger partial charge in [-0.2, -0.15) is 4.31 Å². The van der Waals surface area contributed by atoms with Gasteiger partial charge in [0.05, 0.1) is 5.56 Å². The summed E-state index contributed by atoms with van der Waals surface area (Å²) in [6.45, 7) is 2.23. The van der Waals surface area contributed by atoms with Crippen molar-refractivity contribution in [1.29, 1.82) is 0 Å². The lowest BCUT2D eigenvalue weighted by atomic mass is 10.3. The van der Waals surface area contributed by atoms with Gasteiger partial charge in [0.25, 0.3) is 0 Å². The first-order valence-electron chi connectivity index (χ1n) is 5.85. The third-order valence-corrected chi connectivity index (χ3v) is 4.96. The topological polar surface area (TPSA) is 96.6 Å². The Morgan fingerprint density at radius 3 is 2.47 bits per heavy atom. The number of nitrogens with two attached hydrogens (primary N) is 1. The maximum absolute atomic E-state index is 12.4. The molecule has 0 radical (unpaired) electrons. The largest absolute Gasteiger partial charge is 0.366 e. The van der Waals surface area contributed by atoms with Gasteiger partial charge in [-0.3, -0.25) is 9.78 Å². The van der Waals surface area contributed by atoms with Crippen LogP contribution >= 0.6 is 0 Å². The van der Waals surface area contributed by atoms with Crippen LogP contribution < -0.4 is 5.73 Å². The number of carbonyl (C=O) groups excluding carboxylic acids is 1. The van der Waals surface area contributed by atoms with E-state index in [4.69, 9.17) is 5.73 Å². The van der Waals surface area contributed by atoms with Crippen LogP contribution in [0.3, 0.4) is 0 Å². The minimum Gasteiger partial charge on any atom is -0.366 e. The summed E-state index contributed by atoms with van der Waals surface area (Å²) in [5, 5.41) is 0.